The molecule has 7 nitrogen and oxygen atoms in total. The van der Waals surface area contributed by atoms with Gasteiger partial charge < -0.3 is 21.3 Å². The summed E-state index contributed by atoms with van der Waals surface area (Å²) in [6.07, 6.45) is 5.48. The van der Waals surface area contributed by atoms with Crippen LogP contribution in [0.2, 0.25) is 0 Å². The second-order valence-corrected chi connectivity index (χ2v) is 7.90. The Labute approximate surface area is 182 Å². The number of benzene rings is 2. The van der Waals surface area contributed by atoms with Crippen molar-refractivity contribution in [2.24, 2.45) is 10.7 Å². The summed E-state index contributed by atoms with van der Waals surface area (Å²) in [5.41, 5.74) is 12.7. The van der Waals surface area contributed by atoms with Crippen LogP contribution in [0.5, 0.6) is 0 Å². The van der Waals surface area contributed by atoms with Gasteiger partial charge in [-0.1, -0.05) is 6.07 Å². The maximum Gasteiger partial charge on any atom is 0.226 e. The topological polar surface area (TPSA) is 107 Å². The molecular weight excluding hydrogens is 388 g/mol. The third-order valence-corrected chi connectivity index (χ3v) is 5.71. The number of carbonyl (C=O) groups is 1. The Balaban J connectivity index is 1.85. The summed E-state index contributed by atoms with van der Waals surface area (Å²) in [5, 5.41) is 16.4. The highest BCUT2D eigenvalue weighted by molar-refractivity contribution is 6.11. The van der Waals surface area contributed by atoms with E-state index in [1.165, 1.54) is 6.20 Å². The number of carbonyl (C=O) groups excluding carboxylic acids is 1. The number of rotatable bonds is 3. The molecule has 1 amide bonds. The minimum Gasteiger partial charge on any atom is -0.404 e. The molecule has 2 heterocycles. The SMILES string of the molecule is CN=C/C(=C\N)c1cc2c(cc1C#N)N(c1cccc3c1N[C@H](C)CC(=O)N3)CCC2. The Bertz CT molecular complexity index is 1130. The molecule has 0 unspecified atom stereocenters. The zero-order valence-electron chi connectivity index (χ0n) is 17.8. The van der Waals surface area contributed by atoms with Crippen LogP contribution in [-0.4, -0.2) is 31.8 Å². The van der Waals surface area contributed by atoms with Gasteiger partial charge >= 0.3 is 0 Å². The van der Waals surface area contributed by atoms with Gasteiger partial charge in [-0.05, 0) is 49.6 Å². The average Bonchev–Trinajstić information content (AvgIpc) is 2.92. The molecule has 0 saturated heterocycles. The van der Waals surface area contributed by atoms with Crippen molar-refractivity contribution in [1.82, 2.24) is 0 Å². The standard InChI is InChI=1S/C24H26N6O/c1-15-9-23(31)29-20-6-3-7-21(24(20)28-15)30-8-4-5-16-10-19(18(13-26)14-27-2)17(12-25)11-22(16)30/h3,6-7,10-11,13-15,28H,4-5,8-9,26H2,1-2H3,(H,29,31)/b18-13+,27-14?/t15-/m1/s1. The summed E-state index contributed by atoms with van der Waals surface area (Å²) in [5.74, 6) is 0.00467. The lowest BCUT2D eigenvalue weighted by molar-refractivity contribution is -0.116. The van der Waals surface area contributed by atoms with E-state index in [-0.39, 0.29) is 11.9 Å². The van der Waals surface area contributed by atoms with Crippen molar-refractivity contribution in [3.8, 4) is 6.07 Å². The van der Waals surface area contributed by atoms with Gasteiger partial charge in [0.1, 0.15) is 0 Å². The van der Waals surface area contributed by atoms with Crippen LogP contribution in [0.25, 0.3) is 5.57 Å². The molecule has 2 aromatic rings. The predicted octanol–water partition coefficient (Wildman–Crippen LogP) is 3.79. The van der Waals surface area contributed by atoms with E-state index >= 15 is 0 Å². The number of allylic oxidation sites excluding steroid dienone is 1. The van der Waals surface area contributed by atoms with E-state index < -0.39 is 0 Å². The molecule has 0 bridgehead atoms. The van der Waals surface area contributed by atoms with E-state index in [0.717, 1.165) is 58.8 Å². The number of nitrogens with one attached hydrogen (secondary N) is 2. The van der Waals surface area contributed by atoms with Crippen molar-refractivity contribution in [3.63, 3.8) is 0 Å². The number of aryl methyl sites for hydroxylation is 1. The molecule has 4 N–H and O–H groups in total. The zero-order chi connectivity index (χ0) is 22.0. The van der Waals surface area contributed by atoms with E-state index in [4.69, 9.17) is 5.73 Å². The van der Waals surface area contributed by atoms with Gasteiger partial charge in [-0.25, -0.2) is 0 Å². The highest BCUT2D eigenvalue weighted by atomic mass is 16.1. The Kier molecular flexibility index (Phi) is 5.63. The smallest absolute Gasteiger partial charge is 0.226 e. The molecule has 158 valence electrons. The van der Waals surface area contributed by atoms with Crippen molar-refractivity contribution in [2.45, 2.75) is 32.2 Å². The molecule has 1 atom stereocenters. The summed E-state index contributed by atoms with van der Waals surface area (Å²) in [4.78, 5) is 18.5. The van der Waals surface area contributed by atoms with Gasteiger partial charge in [0.05, 0.1) is 28.7 Å². The Morgan fingerprint density at radius 2 is 2.19 bits per heavy atom. The number of fused-ring (bicyclic) bond motifs is 2. The predicted molar refractivity (Wildman–Crippen MR) is 126 cm³/mol. The van der Waals surface area contributed by atoms with E-state index in [0.29, 0.717) is 12.0 Å². The van der Waals surface area contributed by atoms with Gasteiger partial charge in [-0.2, -0.15) is 5.26 Å². The second-order valence-electron chi connectivity index (χ2n) is 7.90. The normalized spacial score (nSPS) is 18.5. The first-order valence-corrected chi connectivity index (χ1v) is 10.4. The van der Waals surface area contributed by atoms with Crippen molar-refractivity contribution in [2.75, 3.05) is 29.1 Å². The molecule has 0 fully saturated rings. The minimum absolute atomic E-state index is 0.00467. The first-order valence-electron chi connectivity index (χ1n) is 10.4. The number of aliphatic imine (C=N–C) groups is 1. The number of anilines is 4. The molecule has 0 spiro atoms. The zero-order valence-corrected chi connectivity index (χ0v) is 17.8. The fourth-order valence-electron chi connectivity index (χ4n) is 4.35. The van der Waals surface area contributed by atoms with Crippen LogP contribution in [0, 0.1) is 11.3 Å². The molecule has 2 aliphatic rings. The van der Waals surface area contributed by atoms with Crippen LogP contribution in [0.4, 0.5) is 22.7 Å². The van der Waals surface area contributed by atoms with Gasteiger partial charge in [0.15, 0.2) is 0 Å². The van der Waals surface area contributed by atoms with Gasteiger partial charge in [-0.15, -0.1) is 0 Å². The van der Waals surface area contributed by atoms with E-state index in [2.05, 4.69) is 38.7 Å². The third-order valence-electron chi connectivity index (χ3n) is 5.71. The van der Waals surface area contributed by atoms with Crippen molar-refractivity contribution in [3.05, 3.63) is 53.2 Å². The van der Waals surface area contributed by atoms with Crippen molar-refractivity contribution < 1.29 is 4.79 Å². The van der Waals surface area contributed by atoms with Crippen LogP contribution < -0.4 is 21.3 Å². The molecule has 0 saturated carbocycles. The Morgan fingerprint density at radius 1 is 1.35 bits per heavy atom. The lowest BCUT2D eigenvalue weighted by Crippen LogP contribution is -2.26. The molecule has 2 aromatic carbocycles. The van der Waals surface area contributed by atoms with Gasteiger partial charge in [0.25, 0.3) is 0 Å². The molecule has 31 heavy (non-hydrogen) atoms. The molecule has 2 aliphatic heterocycles. The van der Waals surface area contributed by atoms with Crippen LogP contribution >= 0.6 is 0 Å². The lowest BCUT2D eigenvalue weighted by atomic mass is 9.92. The lowest BCUT2D eigenvalue weighted by Gasteiger charge is -2.34. The maximum atomic E-state index is 12.2. The van der Waals surface area contributed by atoms with Gasteiger partial charge in [0, 0.05) is 55.3 Å². The van der Waals surface area contributed by atoms with E-state index in [1.54, 1.807) is 13.3 Å². The molecule has 0 radical (unpaired) electrons. The number of nitriles is 1. The molecule has 7 heteroatoms. The van der Waals surface area contributed by atoms with E-state index in [1.807, 2.05) is 25.1 Å². The van der Waals surface area contributed by atoms with Gasteiger partial charge in [0.2, 0.25) is 5.91 Å². The summed E-state index contributed by atoms with van der Waals surface area (Å²) in [6.45, 7) is 2.83. The fraction of sp³-hybridized carbons (Fsp3) is 0.292. The molecular formula is C24H26N6O. The molecule has 0 aromatic heterocycles. The molecule has 4 rings (SSSR count). The first-order chi connectivity index (χ1) is 15.0. The summed E-state index contributed by atoms with van der Waals surface area (Å²) >= 11 is 0. The number of nitrogens with two attached hydrogens (primary N) is 1. The van der Waals surface area contributed by atoms with Crippen molar-refractivity contribution >= 4 is 40.4 Å². The Hall–Kier alpha value is -3.79. The Morgan fingerprint density at radius 3 is 2.94 bits per heavy atom. The summed E-state index contributed by atoms with van der Waals surface area (Å²) in [6, 6.07) is 12.3. The number of nitrogens with zero attached hydrogens (tertiary/aromatic N) is 3. The van der Waals surface area contributed by atoms with Crippen LogP contribution in [0.1, 0.15) is 36.5 Å². The number of amides is 1. The highest BCUT2D eigenvalue weighted by Gasteiger charge is 2.26. The minimum atomic E-state index is 0.00467. The fourth-order valence-corrected chi connectivity index (χ4v) is 4.35. The van der Waals surface area contributed by atoms with E-state index in [9.17, 15) is 10.1 Å². The summed E-state index contributed by atoms with van der Waals surface area (Å²) in [7, 11) is 1.68. The third kappa shape index (κ3) is 3.84. The highest BCUT2D eigenvalue weighted by Crippen LogP contribution is 2.43. The van der Waals surface area contributed by atoms with Crippen LogP contribution in [-0.2, 0) is 11.2 Å². The number of hydrogen-bond donors (Lipinski definition) is 3. The molecule has 0 aliphatic carbocycles. The summed E-state index contributed by atoms with van der Waals surface area (Å²) < 4.78 is 0. The van der Waals surface area contributed by atoms with Crippen LogP contribution in [0.15, 0.2) is 41.5 Å². The number of hydrogen-bond acceptors (Lipinski definition) is 6. The number of para-hydroxylation sites is 1. The largest absolute Gasteiger partial charge is 0.404 e. The average molecular weight is 415 g/mol. The quantitative estimate of drug-likeness (QED) is 0.663. The van der Waals surface area contributed by atoms with Crippen LogP contribution in [0.3, 0.4) is 0 Å². The van der Waals surface area contributed by atoms with Crippen molar-refractivity contribution in [1.29, 1.82) is 5.26 Å². The monoisotopic (exact) mass is 414 g/mol. The second kappa shape index (κ2) is 8.52. The maximum absolute atomic E-state index is 12.2. The first kappa shape index (κ1) is 20.5. The van der Waals surface area contributed by atoms with Gasteiger partial charge in [-0.3, -0.25) is 9.79 Å².